The number of thiol groups is 3. The van der Waals surface area contributed by atoms with Gasteiger partial charge in [-0.1, -0.05) is 0 Å². The summed E-state index contributed by atoms with van der Waals surface area (Å²) >= 11 is 11.9. The number of amides is 3. The van der Waals surface area contributed by atoms with Crippen LogP contribution in [-0.4, -0.2) is 80.2 Å². The quantitative estimate of drug-likeness (QED) is 0.155. The Hall–Kier alpha value is -1.90. The highest BCUT2D eigenvalue weighted by atomic mass is 32.1. The minimum Gasteiger partial charge on any atom is -0.480 e. The van der Waals surface area contributed by atoms with E-state index in [1.807, 2.05) is 0 Å². The third-order valence-corrected chi connectivity index (χ3v) is 4.86. The molecule has 0 aliphatic heterocycles. The number of aromatic amines is 1. The van der Waals surface area contributed by atoms with E-state index in [1.165, 1.54) is 12.5 Å². The highest BCUT2D eigenvalue weighted by molar-refractivity contribution is 7.80. The first-order valence-electron chi connectivity index (χ1n) is 8.42. The van der Waals surface area contributed by atoms with E-state index < -0.39 is 47.9 Å². The van der Waals surface area contributed by atoms with Crippen molar-refractivity contribution in [3.05, 3.63) is 18.2 Å². The molecule has 162 valence electrons. The maximum Gasteiger partial charge on any atom is 0.327 e. The molecule has 7 N–H and O–H groups in total. The lowest BCUT2D eigenvalue weighted by molar-refractivity contribution is -0.141. The van der Waals surface area contributed by atoms with Crippen LogP contribution in [0.1, 0.15) is 5.69 Å². The van der Waals surface area contributed by atoms with Gasteiger partial charge in [-0.25, -0.2) is 9.78 Å². The molecule has 29 heavy (non-hydrogen) atoms. The molecule has 0 bridgehead atoms. The van der Waals surface area contributed by atoms with Crippen molar-refractivity contribution >= 4 is 61.6 Å². The van der Waals surface area contributed by atoms with Crippen LogP contribution in [0, 0.1) is 0 Å². The Morgan fingerprint density at radius 2 is 1.45 bits per heavy atom. The average molecular weight is 465 g/mol. The van der Waals surface area contributed by atoms with E-state index in [9.17, 15) is 19.2 Å². The second kappa shape index (κ2) is 12.6. The van der Waals surface area contributed by atoms with Gasteiger partial charge in [0.2, 0.25) is 17.7 Å². The summed E-state index contributed by atoms with van der Waals surface area (Å²) in [5.41, 5.74) is 6.49. The number of imidazole rings is 1. The molecule has 0 fully saturated rings. The first-order valence-corrected chi connectivity index (χ1v) is 10.3. The Bertz CT molecular complexity index is 705. The summed E-state index contributed by atoms with van der Waals surface area (Å²) in [6.07, 6.45) is 3.17. The number of hydrogen-bond acceptors (Lipinski definition) is 9. The number of carbonyl (C=O) groups excluding carboxylic acids is 3. The van der Waals surface area contributed by atoms with Gasteiger partial charge < -0.3 is 31.8 Å². The van der Waals surface area contributed by atoms with Crippen LogP contribution in [0.25, 0.3) is 0 Å². The number of hydrogen-bond donors (Lipinski definition) is 9. The highest BCUT2D eigenvalue weighted by Gasteiger charge is 2.28. The molecule has 3 amide bonds. The van der Waals surface area contributed by atoms with Gasteiger partial charge in [0.25, 0.3) is 0 Å². The van der Waals surface area contributed by atoms with Crippen molar-refractivity contribution in [3.63, 3.8) is 0 Å². The molecule has 0 aliphatic carbocycles. The summed E-state index contributed by atoms with van der Waals surface area (Å²) in [6.45, 7) is 0. The lowest BCUT2D eigenvalue weighted by atomic mass is 10.1. The van der Waals surface area contributed by atoms with E-state index in [0.29, 0.717) is 5.69 Å². The summed E-state index contributed by atoms with van der Waals surface area (Å²) in [7, 11) is 0. The molecule has 1 aromatic rings. The zero-order valence-electron chi connectivity index (χ0n) is 15.2. The lowest BCUT2D eigenvalue weighted by Crippen LogP contribution is -2.58. The zero-order chi connectivity index (χ0) is 22.0. The van der Waals surface area contributed by atoms with Crippen LogP contribution < -0.4 is 21.7 Å². The number of carboxylic acids is 1. The topological polar surface area (TPSA) is 179 Å². The number of H-pyrrole nitrogens is 1. The van der Waals surface area contributed by atoms with Crippen LogP contribution in [0.15, 0.2) is 12.5 Å². The van der Waals surface area contributed by atoms with Gasteiger partial charge >= 0.3 is 5.97 Å². The Balaban J connectivity index is 2.66. The van der Waals surface area contributed by atoms with Gasteiger partial charge in [-0.05, 0) is 0 Å². The number of nitrogens with two attached hydrogens (primary N) is 1. The average Bonchev–Trinajstić information content (AvgIpc) is 3.20. The Morgan fingerprint density at radius 1 is 0.966 bits per heavy atom. The second-order valence-electron chi connectivity index (χ2n) is 5.96. The lowest BCUT2D eigenvalue weighted by Gasteiger charge is -2.23. The third kappa shape index (κ3) is 8.16. The highest BCUT2D eigenvalue weighted by Crippen LogP contribution is 2.00. The second-order valence-corrected chi connectivity index (χ2v) is 7.05. The standard InChI is InChI=1S/C15H24N6O5S3/c16-8(1-7-2-17-6-18-7)12(22)19-9(3-27)13(23)20-10(4-28)14(24)21-11(5-29)15(25)26/h2,6,8-11,27-29H,1,3-5,16H2,(H,17,18)(H,19,22)(H,20,23)(H,21,24)(H,25,26). The summed E-state index contributed by atoms with van der Waals surface area (Å²) in [6, 6.07) is -4.33. The first kappa shape index (κ1) is 25.1. The van der Waals surface area contributed by atoms with Gasteiger partial charge in [0.1, 0.15) is 18.1 Å². The molecule has 0 spiro atoms. The molecule has 4 unspecified atom stereocenters. The van der Waals surface area contributed by atoms with E-state index in [2.05, 4.69) is 63.8 Å². The van der Waals surface area contributed by atoms with E-state index in [1.54, 1.807) is 0 Å². The van der Waals surface area contributed by atoms with E-state index in [4.69, 9.17) is 10.8 Å². The van der Waals surface area contributed by atoms with Crippen LogP contribution in [0.5, 0.6) is 0 Å². The number of carboxylic acid groups (broad SMARTS) is 1. The van der Waals surface area contributed by atoms with Gasteiger partial charge in [-0.3, -0.25) is 14.4 Å². The number of aromatic nitrogens is 2. The fourth-order valence-electron chi connectivity index (χ4n) is 2.12. The van der Waals surface area contributed by atoms with Crippen molar-refractivity contribution in [1.29, 1.82) is 0 Å². The van der Waals surface area contributed by atoms with Crippen molar-refractivity contribution in [2.75, 3.05) is 17.3 Å². The maximum absolute atomic E-state index is 12.4. The van der Waals surface area contributed by atoms with Crippen LogP contribution in [-0.2, 0) is 25.6 Å². The third-order valence-electron chi connectivity index (χ3n) is 3.76. The van der Waals surface area contributed by atoms with Crippen molar-refractivity contribution in [2.45, 2.75) is 30.6 Å². The zero-order valence-corrected chi connectivity index (χ0v) is 17.9. The summed E-state index contributed by atoms with van der Waals surface area (Å²) in [5.74, 6) is -3.54. The molecule has 0 aromatic carbocycles. The number of nitrogens with zero attached hydrogens (tertiary/aromatic N) is 1. The Labute approximate surface area is 183 Å². The number of nitrogens with one attached hydrogen (secondary N) is 4. The van der Waals surface area contributed by atoms with Crippen molar-refractivity contribution in [3.8, 4) is 0 Å². The van der Waals surface area contributed by atoms with Crippen LogP contribution in [0.3, 0.4) is 0 Å². The van der Waals surface area contributed by atoms with Gasteiger partial charge in [-0.2, -0.15) is 37.9 Å². The molecule has 0 radical (unpaired) electrons. The molecule has 0 aliphatic rings. The summed E-state index contributed by atoms with van der Waals surface area (Å²) in [5, 5.41) is 16.1. The molecule has 1 aromatic heterocycles. The fraction of sp³-hybridized carbons (Fsp3) is 0.533. The molecular weight excluding hydrogens is 440 g/mol. The van der Waals surface area contributed by atoms with E-state index in [-0.39, 0.29) is 23.7 Å². The van der Waals surface area contributed by atoms with Crippen LogP contribution >= 0.6 is 37.9 Å². The molecule has 1 heterocycles. The number of carbonyl (C=O) groups is 4. The van der Waals surface area contributed by atoms with E-state index >= 15 is 0 Å². The molecule has 4 atom stereocenters. The number of aliphatic carboxylic acids is 1. The Kier molecular flexibility index (Phi) is 10.9. The molecule has 0 saturated heterocycles. The predicted molar refractivity (Wildman–Crippen MR) is 115 cm³/mol. The summed E-state index contributed by atoms with van der Waals surface area (Å²) in [4.78, 5) is 54.5. The van der Waals surface area contributed by atoms with Crippen molar-refractivity contribution in [2.24, 2.45) is 5.73 Å². The van der Waals surface area contributed by atoms with Crippen molar-refractivity contribution < 1.29 is 24.3 Å². The molecule has 1 rings (SSSR count). The minimum atomic E-state index is -1.26. The van der Waals surface area contributed by atoms with Crippen LogP contribution in [0.4, 0.5) is 0 Å². The molecule has 14 heteroatoms. The monoisotopic (exact) mass is 464 g/mol. The molecule has 11 nitrogen and oxygen atoms in total. The predicted octanol–water partition coefficient (Wildman–Crippen LogP) is -2.39. The smallest absolute Gasteiger partial charge is 0.327 e. The Morgan fingerprint density at radius 3 is 1.86 bits per heavy atom. The summed E-state index contributed by atoms with van der Waals surface area (Å²) < 4.78 is 0. The minimum absolute atomic E-state index is 0.0519. The van der Waals surface area contributed by atoms with Crippen LogP contribution in [0.2, 0.25) is 0 Å². The molecular formula is C15H24N6O5S3. The normalized spacial score (nSPS) is 14.9. The first-order chi connectivity index (χ1) is 13.7. The maximum atomic E-state index is 12.4. The number of rotatable bonds is 12. The van der Waals surface area contributed by atoms with Gasteiger partial charge in [0.05, 0.1) is 12.4 Å². The largest absolute Gasteiger partial charge is 0.480 e. The van der Waals surface area contributed by atoms with E-state index in [0.717, 1.165) is 0 Å². The fourth-order valence-corrected chi connectivity index (χ4v) is 2.88. The van der Waals surface area contributed by atoms with Crippen molar-refractivity contribution in [1.82, 2.24) is 25.9 Å². The SMILES string of the molecule is NC(Cc1cnc[nH]1)C(=O)NC(CS)C(=O)NC(CS)C(=O)NC(CS)C(=O)O. The van der Waals surface area contributed by atoms with Gasteiger partial charge in [0.15, 0.2) is 0 Å². The van der Waals surface area contributed by atoms with Gasteiger partial charge in [-0.15, -0.1) is 0 Å². The molecule has 0 saturated carbocycles. The van der Waals surface area contributed by atoms with Gasteiger partial charge in [0, 0.05) is 35.6 Å².